The average Bonchev–Trinajstić information content (AvgIpc) is 3.10. The van der Waals surface area contributed by atoms with Gasteiger partial charge in [-0.25, -0.2) is 31.0 Å². The van der Waals surface area contributed by atoms with Crippen molar-refractivity contribution in [1.82, 2.24) is 4.57 Å². The molecule has 3 aromatic rings. The number of sulfonamides is 1. The van der Waals surface area contributed by atoms with Crippen molar-refractivity contribution in [3.05, 3.63) is 59.0 Å². The molecule has 2 aromatic carbocycles. The number of nitrogens with zero attached hydrogens (tertiary/aromatic N) is 2. The molecule has 0 fully saturated rings. The summed E-state index contributed by atoms with van der Waals surface area (Å²) in [6.45, 7) is 6.32. The summed E-state index contributed by atoms with van der Waals surface area (Å²) >= 11 is 0. The molecule has 1 aromatic heterocycles. The molecule has 0 aliphatic heterocycles. The van der Waals surface area contributed by atoms with Crippen LogP contribution in [0.25, 0.3) is 10.9 Å². The zero-order valence-corrected chi connectivity index (χ0v) is 18.9. The lowest BCUT2D eigenvalue weighted by molar-refractivity contribution is 0.0543. The van der Waals surface area contributed by atoms with Crippen LogP contribution in [0.15, 0.2) is 41.4 Å². The highest BCUT2D eigenvalue weighted by atomic mass is 32.2. The van der Waals surface area contributed by atoms with Gasteiger partial charge in [0, 0.05) is 17.1 Å². The maximum absolute atomic E-state index is 13.8. The smallest absolute Gasteiger partial charge is 0.419 e. The molecule has 0 radical (unpaired) electrons. The number of hydrogen-bond acceptors (Lipinski definition) is 5. The second-order valence-corrected chi connectivity index (χ2v) is 9.96. The predicted octanol–water partition coefficient (Wildman–Crippen LogP) is 5.48. The van der Waals surface area contributed by atoms with Gasteiger partial charge in [-0.3, -0.25) is 4.72 Å². The Hall–Kier alpha value is -3.52. The predicted molar refractivity (Wildman–Crippen MR) is 115 cm³/mol. The first-order valence-electron chi connectivity index (χ1n) is 9.63. The quantitative estimate of drug-likeness (QED) is 0.534. The van der Waals surface area contributed by atoms with Crippen LogP contribution in [0, 0.1) is 24.1 Å². The highest BCUT2D eigenvalue weighted by Gasteiger charge is 2.28. The molecule has 7 nitrogen and oxygen atoms in total. The number of rotatable bonds is 4. The number of fused-ring (bicyclic) bond motifs is 1. The molecule has 11 heteroatoms. The lowest BCUT2D eigenvalue weighted by Crippen LogP contribution is -2.27. The standard InChI is InChI=1S/C22H20F3N3O4S/c1-12-5-6-17(27-33(30,31)15-8-13(10-26)7-14(23)9-15)19-18(12)16(20(24)25)11-28(19)21(29)32-22(2,3)4/h5-9,11,20,27H,1-4H3. The second-order valence-electron chi connectivity index (χ2n) is 8.28. The van der Waals surface area contributed by atoms with Crippen molar-refractivity contribution in [2.45, 2.75) is 44.6 Å². The number of carbonyl (C=O) groups excluding carboxylic acids is 1. The minimum Gasteiger partial charge on any atom is -0.443 e. The number of aryl methyl sites for hydroxylation is 1. The van der Waals surface area contributed by atoms with E-state index in [2.05, 4.69) is 4.72 Å². The fourth-order valence-corrected chi connectivity index (χ4v) is 4.39. The third-order valence-electron chi connectivity index (χ3n) is 4.56. The first-order chi connectivity index (χ1) is 15.2. The summed E-state index contributed by atoms with van der Waals surface area (Å²) in [7, 11) is -4.46. The number of anilines is 1. The van der Waals surface area contributed by atoms with Crippen LogP contribution in [-0.4, -0.2) is 24.7 Å². The van der Waals surface area contributed by atoms with Crippen LogP contribution in [0.1, 0.15) is 43.9 Å². The van der Waals surface area contributed by atoms with E-state index in [1.807, 2.05) is 0 Å². The molecule has 0 unspecified atom stereocenters. The summed E-state index contributed by atoms with van der Waals surface area (Å²) in [5.41, 5.74) is -1.61. The zero-order chi connectivity index (χ0) is 24.7. The molecular weight excluding hydrogens is 459 g/mol. The summed E-state index contributed by atoms with van der Waals surface area (Å²) in [5.74, 6) is -0.944. The van der Waals surface area contributed by atoms with E-state index in [9.17, 15) is 26.4 Å². The summed E-state index contributed by atoms with van der Waals surface area (Å²) in [4.78, 5) is 12.2. The van der Waals surface area contributed by atoms with E-state index in [4.69, 9.17) is 10.00 Å². The molecule has 0 amide bonds. The fraction of sp³-hybridized carbons (Fsp3) is 0.273. The van der Waals surface area contributed by atoms with E-state index in [1.165, 1.54) is 19.1 Å². The molecule has 174 valence electrons. The number of carbonyl (C=O) groups is 1. The van der Waals surface area contributed by atoms with Crippen molar-refractivity contribution >= 4 is 32.7 Å². The minimum absolute atomic E-state index is 0.0204. The summed E-state index contributed by atoms with van der Waals surface area (Å²) < 4.78 is 75.6. The largest absolute Gasteiger partial charge is 0.443 e. The van der Waals surface area contributed by atoms with E-state index < -0.39 is 44.4 Å². The topological polar surface area (TPSA) is 101 Å². The molecular formula is C22H20F3N3O4S. The number of aromatic nitrogens is 1. The van der Waals surface area contributed by atoms with Crippen molar-refractivity contribution in [1.29, 1.82) is 5.26 Å². The first kappa shape index (κ1) is 24.1. The molecule has 0 bridgehead atoms. The molecule has 1 N–H and O–H groups in total. The van der Waals surface area contributed by atoms with Crippen LogP contribution < -0.4 is 4.72 Å². The fourth-order valence-electron chi connectivity index (χ4n) is 3.26. The number of ether oxygens (including phenoxy) is 1. The van der Waals surface area contributed by atoms with Crippen molar-refractivity contribution in [3.63, 3.8) is 0 Å². The van der Waals surface area contributed by atoms with Gasteiger partial charge in [0.15, 0.2) is 0 Å². The van der Waals surface area contributed by atoms with E-state index >= 15 is 0 Å². The van der Waals surface area contributed by atoms with Gasteiger partial charge in [0.1, 0.15) is 11.4 Å². The number of nitrogens with one attached hydrogen (secondary N) is 1. The van der Waals surface area contributed by atoms with E-state index in [-0.39, 0.29) is 22.2 Å². The SMILES string of the molecule is Cc1ccc(NS(=O)(=O)c2cc(F)cc(C#N)c2)c2c1c(C(F)F)cn2C(=O)OC(C)(C)C. The van der Waals surface area contributed by atoms with E-state index in [0.29, 0.717) is 11.6 Å². The van der Waals surface area contributed by atoms with E-state index in [0.717, 1.165) is 22.9 Å². The maximum atomic E-state index is 13.8. The molecule has 0 aliphatic carbocycles. The highest BCUT2D eigenvalue weighted by molar-refractivity contribution is 7.92. The van der Waals surface area contributed by atoms with Crippen molar-refractivity contribution in [2.24, 2.45) is 0 Å². The summed E-state index contributed by atoms with van der Waals surface area (Å²) in [5, 5.41) is 8.98. The molecule has 0 atom stereocenters. The molecule has 0 saturated heterocycles. The molecule has 0 spiro atoms. The number of hydrogen-bond donors (Lipinski definition) is 1. The van der Waals surface area contributed by atoms with Crippen LogP contribution in [-0.2, 0) is 14.8 Å². The number of alkyl halides is 2. The Labute approximate surface area is 188 Å². The third-order valence-corrected chi connectivity index (χ3v) is 5.91. The van der Waals surface area contributed by atoms with Gasteiger partial charge in [-0.05, 0) is 57.5 Å². The second kappa shape index (κ2) is 8.44. The summed E-state index contributed by atoms with van der Waals surface area (Å²) in [6.07, 6.45) is -3.03. The highest BCUT2D eigenvalue weighted by Crippen LogP contribution is 2.37. The van der Waals surface area contributed by atoms with Crippen molar-refractivity contribution < 1.29 is 31.1 Å². The van der Waals surface area contributed by atoms with Crippen LogP contribution >= 0.6 is 0 Å². The molecule has 33 heavy (non-hydrogen) atoms. The normalized spacial score (nSPS) is 12.1. The van der Waals surface area contributed by atoms with Gasteiger partial charge in [-0.1, -0.05) is 6.07 Å². The van der Waals surface area contributed by atoms with Crippen LogP contribution in [0.3, 0.4) is 0 Å². The summed E-state index contributed by atoms with van der Waals surface area (Å²) in [6, 6.07) is 6.93. The Balaban J connectivity index is 2.24. The van der Waals surface area contributed by atoms with E-state index in [1.54, 1.807) is 26.8 Å². The zero-order valence-electron chi connectivity index (χ0n) is 18.1. The number of nitriles is 1. The van der Waals surface area contributed by atoms with Gasteiger partial charge < -0.3 is 4.74 Å². The number of benzene rings is 2. The third kappa shape index (κ3) is 4.96. The Morgan fingerprint density at radius 1 is 1.21 bits per heavy atom. The lowest BCUT2D eigenvalue weighted by atomic mass is 10.1. The monoisotopic (exact) mass is 479 g/mol. The molecule has 0 saturated carbocycles. The Morgan fingerprint density at radius 3 is 2.45 bits per heavy atom. The van der Waals surface area contributed by atoms with Crippen molar-refractivity contribution in [2.75, 3.05) is 4.72 Å². The Bertz CT molecular complexity index is 1400. The minimum atomic E-state index is -4.46. The average molecular weight is 479 g/mol. The van der Waals surface area contributed by atoms with Crippen LogP contribution in [0.5, 0.6) is 0 Å². The maximum Gasteiger partial charge on any atom is 0.419 e. The molecule has 3 rings (SSSR count). The lowest BCUT2D eigenvalue weighted by Gasteiger charge is -2.20. The van der Waals surface area contributed by atoms with Gasteiger partial charge in [0.2, 0.25) is 0 Å². The van der Waals surface area contributed by atoms with Gasteiger partial charge in [-0.15, -0.1) is 0 Å². The molecule has 0 aliphatic rings. The Morgan fingerprint density at radius 2 is 1.88 bits per heavy atom. The van der Waals surface area contributed by atoms with Gasteiger partial charge in [0.05, 0.1) is 27.7 Å². The Kier molecular flexibility index (Phi) is 6.17. The van der Waals surface area contributed by atoms with Crippen LogP contribution in [0.4, 0.5) is 23.7 Å². The molecule has 1 heterocycles. The van der Waals surface area contributed by atoms with Crippen molar-refractivity contribution in [3.8, 4) is 6.07 Å². The van der Waals surface area contributed by atoms with Crippen LogP contribution in [0.2, 0.25) is 0 Å². The van der Waals surface area contributed by atoms with Gasteiger partial charge >= 0.3 is 6.09 Å². The van der Waals surface area contributed by atoms with Gasteiger partial charge in [-0.2, -0.15) is 5.26 Å². The number of halogens is 3. The first-order valence-corrected chi connectivity index (χ1v) is 11.1. The van der Waals surface area contributed by atoms with Gasteiger partial charge in [0.25, 0.3) is 16.4 Å².